The highest BCUT2D eigenvalue weighted by atomic mass is 19.1. The van der Waals surface area contributed by atoms with Crippen molar-refractivity contribution in [1.82, 2.24) is 9.97 Å². The van der Waals surface area contributed by atoms with Gasteiger partial charge in [-0.05, 0) is 0 Å². The Morgan fingerprint density at radius 1 is 1.64 bits per heavy atom. The van der Waals surface area contributed by atoms with E-state index < -0.39 is 11.9 Å². The molecule has 0 atom stereocenters. The third kappa shape index (κ3) is 1.70. The van der Waals surface area contributed by atoms with Gasteiger partial charge in [-0.3, -0.25) is 0 Å². The van der Waals surface area contributed by atoms with Crippen LogP contribution in [0.3, 0.4) is 0 Å². The first-order valence-electron chi connectivity index (χ1n) is 2.80. The van der Waals surface area contributed by atoms with Gasteiger partial charge >= 0.3 is 5.97 Å². The summed E-state index contributed by atoms with van der Waals surface area (Å²) in [7, 11) is 1.20. The molecule has 11 heavy (non-hydrogen) atoms. The summed E-state index contributed by atoms with van der Waals surface area (Å²) >= 11 is 0. The molecule has 58 valence electrons. The van der Waals surface area contributed by atoms with Crippen LogP contribution < -0.4 is 0 Å². The van der Waals surface area contributed by atoms with Crippen molar-refractivity contribution >= 4 is 5.97 Å². The lowest BCUT2D eigenvalue weighted by atomic mass is 10.4. The molecule has 1 rings (SSSR count). The van der Waals surface area contributed by atoms with Gasteiger partial charge < -0.3 is 4.74 Å². The second-order valence-corrected chi connectivity index (χ2v) is 1.72. The highest BCUT2D eigenvalue weighted by molar-refractivity contribution is 5.86. The molecule has 5 heteroatoms. The first-order valence-corrected chi connectivity index (χ1v) is 2.80. The van der Waals surface area contributed by atoms with Crippen LogP contribution in [-0.4, -0.2) is 23.0 Å². The minimum Gasteiger partial charge on any atom is -0.464 e. The molecule has 0 spiro atoms. The molecule has 0 aromatic carbocycles. The molecule has 0 N–H and O–H groups in total. The fourth-order valence-corrected chi connectivity index (χ4v) is 0.550. The van der Waals surface area contributed by atoms with E-state index in [0.717, 1.165) is 12.4 Å². The zero-order valence-electron chi connectivity index (χ0n) is 5.74. The summed E-state index contributed by atoms with van der Waals surface area (Å²) in [6.45, 7) is 0. The molecule has 0 aliphatic rings. The topological polar surface area (TPSA) is 52.1 Å². The van der Waals surface area contributed by atoms with Crippen molar-refractivity contribution in [2.45, 2.75) is 0 Å². The van der Waals surface area contributed by atoms with Crippen molar-refractivity contribution in [3.8, 4) is 0 Å². The smallest absolute Gasteiger partial charge is 0.356 e. The van der Waals surface area contributed by atoms with E-state index in [9.17, 15) is 9.18 Å². The van der Waals surface area contributed by atoms with E-state index in [1.54, 1.807) is 0 Å². The molecular weight excluding hydrogens is 151 g/mol. The fourth-order valence-electron chi connectivity index (χ4n) is 0.550. The van der Waals surface area contributed by atoms with Crippen LogP contribution in [0.1, 0.15) is 10.5 Å². The lowest BCUT2D eigenvalue weighted by Gasteiger charge is -1.95. The Morgan fingerprint density at radius 3 is 2.91 bits per heavy atom. The molecule has 1 aromatic heterocycles. The Hall–Kier alpha value is -1.52. The van der Waals surface area contributed by atoms with Gasteiger partial charge in [-0.25, -0.2) is 14.8 Å². The molecule has 0 unspecified atom stereocenters. The predicted molar refractivity (Wildman–Crippen MR) is 33.3 cm³/mol. The molecule has 0 radical (unpaired) electrons. The number of rotatable bonds is 1. The third-order valence-corrected chi connectivity index (χ3v) is 1.03. The number of methoxy groups -OCH3 is 1. The van der Waals surface area contributed by atoms with E-state index in [1.165, 1.54) is 7.11 Å². The Morgan fingerprint density at radius 2 is 2.36 bits per heavy atom. The van der Waals surface area contributed by atoms with Gasteiger partial charge in [0.1, 0.15) is 6.33 Å². The van der Waals surface area contributed by atoms with Crippen LogP contribution in [0.15, 0.2) is 12.4 Å². The number of carbonyl (C=O) groups is 1. The van der Waals surface area contributed by atoms with E-state index in [4.69, 9.17) is 0 Å². The average Bonchev–Trinajstić information content (AvgIpc) is 2.03. The van der Waals surface area contributed by atoms with E-state index >= 15 is 0 Å². The third-order valence-electron chi connectivity index (χ3n) is 1.03. The van der Waals surface area contributed by atoms with Gasteiger partial charge in [-0.2, -0.15) is 4.39 Å². The van der Waals surface area contributed by atoms with Gasteiger partial charge in [0.2, 0.25) is 5.95 Å². The average molecular weight is 156 g/mol. The van der Waals surface area contributed by atoms with Crippen LogP contribution >= 0.6 is 0 Å². The quantitative estimate of drug-likeness (QED) is 0.436. The number of carbonyl (C=O) groups excluding carboxylic acids is 1. The Labute approximate surface area is 62.0 Å². The summed E-state index contributed by atoms with van der Waals surface area (Å²) in [6.07, 6.45) is 0.960. The standard InChI is InChI=1S/C6H5FN2O2/c1-11-6(10)4-2-5(7)9-3-8-4/h2-3H,1H3. The number of aromatic nitrogens is 2. The van der Waals surface area contributed by atoms with Crippen molar-refractivity contribution in [3.05, 3.63) is 24.0 Å². The molecule has 1 heterocycles. The van der Waals surface area contributed by atoms with E-state index in [-0.39, 0.29) is 5.69 Å². The van der Waals surface area contributed by atoms with Gasteiger partial charge in [-0.1, -0.05) is 0 Å². The highest BCUT2D eigenvalue weighted by Crippen LogP contribution is 1.96. The lowest BCUT2D eigenvalue weighted by Crippen LogP contribution is -2.04. The molecule has 0 saturated carbocycles. The normalized spacial score (nSPS) is 9.27. The lowest BCUT2D eigenvalue weighted by molar-refractivity contribution is 0.0593. The number of esters is 1. The predicted octanol–water partition coefficient (Wildman–Crippen LogP) is 0.402. The van der Waals surface area contributed by atoms with Gasteiger partial charge in [0, 0.05) is 6.07 Å². The number of hydrogen-bond donors (Lipinski definition) is 0. The number of hydrogen-bond acceptors (Lipinski definition) is 4. The molecular formula is C6H5FN2O2. The minimum atomic E-state index is -0.750. The maximum atomic E-state index is 12.3. The highest BCUT2D eigenvalue weighted by Gasteiger charge is 2.07. The van der Waals surface area contributed by atoms with E-state index in [2.05, 4.69) is 14.7 Å². The zero-order chi connectivity index (χ0) is 8.27. The van der Waals surface area contributed by atoms with Crippen LogP contribution in [0.25, 0.3) is 0 Å². The summed E-state index contributed by atoms with van der Waals surface area (Å²) in [6, 6.07) is 0.909. The largest absolute Gasteiger partial charge is 0.464 e. The van der Waals surface area contributed by atoms with Crippen molar-refractivity contribution in [2.75, 3.05) is 7.11 Å². The molecule has 0 aliphatic carbocycles. The zero-order valence-corrected chi connectivity index (χ0v) is 5.74. The molecule has 0 saturated heterocycles. The summed E-state index contributed by atoms with van der Waals surface area (Å²) in [5.74, 6) is -1.42. The van der Waals surface area contributed by atoms with Gasteiger partial charge in [0.15, 0.2) is 5.69 Å². The van der Waals surface area contributed by atoms with Crippen LogP contribution in [0.4, 0.5) is 4.39 Å². The monoisotopic (exact) mass is 156 g/mol. The van der Waals surface area contributed by atoms with Crippen LogP contribution in [0, 0.1) is 5.95 Å². The summed E-state index contributed by atoms with van der Waals surface area (Å²) in [4.78, 5) is 17.3. The Kier molecular flexibility index (Phi) is 2.10. The van der Waals surface area contributed by atoms with Crippen molar-refractivity contribution < 1.29 is 13.9 Å². The summed E-state index contributed by atoms with van der Waals surface area (Å²) in [5.41, 5.74) is -0.0833. The molecule has 0 amide bonds. The van der Waals surface area contributed by atoms with Crippen molar-refractivity contribution in [2.24, 2.45) is 0 Å². The van der Waals surface area contributed by atoms with Gasteiger partial charge in [0.25, 0.3) is 0 Å². The van der Waals surface area contributed by atoms with Crippen LogP contribution in [0.5, 0.6) is 0 Å². The molecule has 4 nitrogen and oxygen atoms in total. The summed E-state index contributed by atoms with van der Waals surface area (Å²) in [5, 5.41) is 0. The Balaban J connectivity index is 2.96. The van der Waals surface area contributed by atoms with E-state index in [0.29, 0.717) is 0 Å². The second kappa shape index (κ2) is 3.05. The Bertz CT molecular complexity index is 277. The maximum absolute atomic E-state index is 12.3. The number of ether oxygens (including phenoxy) is 1. The first-order chi connectivity index (χ1) is 5.24. The first kappa shape index (κ1) is 7.59. The summed E-state index contributed by atoms with van der Waals surface area (Å²) < 4.78 is 16.6. The van der Waals surface area contributed by atoms with Crippen molar-refractivity contribution in [1.29, 1.82) is 0 Å². The maximum Gasteiger partial charge on any atom is 0.356 e. The van der Waals surface area contributed by atoms with E-state index in [1.807, 2.05) is 0 Å². The second-order valence-electron chi connectivity index (χ2n) is 1.72. The number of nitrogens with zero attached hydrogens (tertiary/aromatic N) is 2. The van der Waals surface area contributed by atoms with Gasteiger partial charge in [-0.15, -0.1) is 0 Å². The molecule has 0 bridgehead atoms. The SMILES string of the molecule is COC(=O)c1cc(F)ncn1. The van der Waals surface area contributed by atoms with Crippen LogP contribution in [0.2, 0.25) is 0 Å². The van der Waals surface area contributed by atoms with Crippen LogP contribution in [-0.2, 0) is 4.74 Å². The minimum absolute atomic E-state index is 0.0833. The van der Waals surface area contributed by atoms with Gasteiger partial charge in [0.05, 0.1) is 7.11 Å². The molecule has 1 aromatic rings. The molecule has 0 fully saturated rings. The van der Waals surface area contributed by atoms with Crippen molar-refractivity contribution in [3.63, 3.8) is 0 Å². The fraction of sp³-hybridized carbons (Fsp3) is 0.167. The number of halogens is 1. The molecule has 0 aliphatic heterocycles.